The molecule has 16 heteroatoms. The molecule has 0 spiro atoms. The normalized spacial score (nSPS) is 10.9. The second kappa shape index (κ2) is 77.8. The predicted octanol–water partition coefficient (Wildman–Crippen LogP) is 8.67. The third-order valence-electron chi connectivity index (χ3n) is 11.0. The minimum absolute atomic E-state index is 0.340. The summed E-state index contributed by atoms with van der Waals surface area (Å²) in [4.78, 5) is 20.8. The van der Waals surface area contributed by atoms with E-state index in [1.807, 2.05) is 0 Å². The van der Waals surface area contributed by atoms with Crippen LogP contribution in [0.15, 0.2) is 24.3 Å². The maximum Gasteiger partial charge on any atom is 0.303 e. The molecule has 0 fully saturated rings. The van der Waals surface area contributed by atoms with Gasteiger partial charge in [-0.05, 0) is 64.2 Å². The van der Waals surface area contributed by atoms with Crippen LogP contribution in [-0.4, -0.2) is 161 Å². The smallest absolute Gasteiger partial charge is 0.303 e. The number of rotatable bonds is 46. The number of allylic oxidation sites excluding steroid dienone is 4. The number of carboxylic acid groups (broad SMARTS) is 2. The molecule has 0 atom stereocenters. The molecule has 14 N–H and O–H groups in total. The molecule has 0 bridgehead atoms. The zero-order valence-corrected chi connectivity index (χ0v) is 45.8. The summed E-state index contributed by atoms with van der Waals surface area (Å²) in [6.45, 7) is 1.63. The van der Waals surface area contributed by atoms with Gasteiger partial charge in [0.05, 0.1) is 52.9 Å². The Hall–Kier alpha value is -2.06. The van der Waals surface area contributed by atoms with Gasteiger partial charge in [-0.1, -0.05) is 192 Å². The first-order valence-electron chi connectivity index (χ1n) is 28.1. The Labute approximate surface area is 438 Å². The van der Waals surface area contributed by atoms with Crippen LogP contribution in [0.2, 0.25) is 0 Å². The lowest BCUT2D eigenvalue weighted by Gasteiger charge is -2.01. The summed E-state index contributed by atoms with van der Waals surface area (Å²) >= 11 is 0. The van der Waals surface area contributed by atoms with Gasteiger partial charge in [0.15, 0.2) is 0 Å². The van der Waals surface area contributed by atoms with Crippen molar-refractivity contribution in [1.29, 1.82) is 0 Å². The molecule has 436 valence electrons. The lowest BCUT2D eigenvalue weighted by molar-refractivity contribution is -0.138. The van der Waals surface area contributed by atoms with Gasteiger partial charge in [0.1, 0.15) is 24.4 Å². The third kappa shape index (κ3) is 97.3. The first-order chi connectivity index (χ1) is 34.8. The zero-order chi connectivity index (χ0) is 55.4. The maximum atomic E-state index is 10.4. The van der Waals surface area contributed by atoms with Crippen LogP contribution in [0, 0.1) is 0 Å². The van der Waals surface area contributed by atoms with Crippen LogP contribution >= 0.6 is 0 Å². The van der Waals surface area contributed by atoms with Gasteiger partial charge in [0, 0.05) is 12.8 Å². The van der Waals surface area contributed by atoms with E-state index in [1.165, 1.54) is 193 Å². The van der Waals surface area contributed by atoms with Crippen LogP contribution in [-0.2, 0) is 9.59 Å². The molecule has 0 radical (unpaired) electrons. The van der Waals surface area contributed by atoms with E-state index >= 15 is 0 Å². The van der Waals surface area contributed by atoms with E-state index in [1.54, 1.807) is 0 Å². The fraction of sp³-hybridized carbons (Fsp3) is 0.893. The monoisotopic (exact) mass is 1040 g/mol. The number of carbonyl (C=O) groups is 2. The van der Waals surface area contributed by atoms with Crippen molar-refractivity contribution in [3.8, 4) is 0 Å². The van der Waals surface area contributed by atoms with Crippen LogP contribution in [0.4, 0.5) is 0 Å². The molecule has 0 aromatic heterocycles. The Kier molecular flexibility index (Phi) is 87.9. The summed E-state index contributed by atoms with van der Waals surface area (Å²) in [6, 6.07) is 0. The molecule has 0 aliphatic heterocycles. The molecular weight excluding hydrogens is 929 g/mol. The number of hydrogen-bond acceptors (Lipinski definition) is 14. The predicted molar refractivity (Wildman–Crippen MR) is 292 cm³/mol. The fourth-order valence-electron chi connectivity index (χ4n) is 6.34. The lowest BCUT2D eigenvalue weighted by Crippen LogP contribution is -2.15. The lowest BCUT2D eigenvalue weighted by atomic mass is 10.1. The topological polar surface area (TPSA) is 317 Å². The highest BCUT2D eigenvalue weighted by atomic mass is 16.4. The number of unbranched alkanes of at least 4 members (excludes halogenated alkanes) is 30. The Morgan fingerprint density at radius 1 is 0.278 bits per heavy atom. The van der Waals surface area contributed by atoms with E-state index in [4.69, 9.17) is 71.5 Å². The molecule has 0 unspecified atom stereocenters. The maximum absolute atomic E-state index is 10.4. The summed E-state index contributed by atoms with van der Waals surface area (Å²) in [7, 11) is 0. The first kappa shape index (κ1) is 81.3. The molecule has 16 nitrogen and oxygen atoms in total. The zero-order valence-electron chi connectivity index (χ0n) is 45.8. The van der Waals surface area contributed by atoms with E-state index in [-0.39, 0.29) is 52.9 Å². The van der Waals surface area contributed by atoms with Crippen LogP contribution in [0.25, 0.3) is 0 Å². The van der Waals surface area contributed by atoms with Gasteiger partial charge >= 0.3 is 11.9 Å². The van der Waals surface area contributed by atoms with Crippen molar-refractivity contribution in [3.63, 3.8) is 0 Å². The van der Waals surface area contributed by atoms with Gasteiger partial charge in [-0.3, -0.25) is 9.59 Å². The fourth-order valence-corrected chi connectivity index (χ4v) is 6.34. The van der Waals surface area contributed by atoms with E-state index in [2.05, 4.69) is 38.2 Å². The van der Waals surface area contributed by atoms with Gasteiger partial charge in [0.25, 0.3) is 0 Å². The molecule has 0 aromatic rings. The van der Waals surface area contributed by atoms with Crippen molar-refractivity contribution in [2.24, 2.45) is 0 Å². The highest BCUT2D eigenvalue weighted by molar-refractivity contribution is 5.66. The Bertz CT molecular complexity index is 906. The second-order valence-electron chi connectivity index (χ2n) is 18.4. The Balaban J connectivity index is -0.000000208. The van der Waals surface area contributed by atoms with Crippen molar-refractivity contribution < 1.29 is 81.1 Å². The summed E-state index contributed by atoms with van der Waals surface area (Å²) in [5, 5.41) is 113. The Morgan fingerprint density at radius 2 is 0.431 bits per heavy atom. The van der Waals surface area contributed by atoms with Gasteiger partial charge in [-0.25, -0.2) is 0 Å². The van der Waals surface area contributed by atoms with Crippen LogP contribution in [0.1, 0.15) is 245 Å². The number of aliphatic carboxylic acids is 2. The number of hydrogen-bond donors (Lipinski definition) is 14. The minimum Gasteiger partial charge on any atom is -0.481 e. The largest absolute Gasteiger partial charge is 0.481 e. The SMILES string of the molecule is CCCCCCCC/C=C\CCCCCCCCCCCC(=O)O.CCCCCCCC/C=C\CCCCCCCCCCCC(=O)O.OCC(O)CO.OCC(O)CO.OCC(O)CO.OCC(O)CO. The van der Waals surface area contributed by atoms with E-state index < -0.39 is 36.4 Å². The highest BCUT2D eigenvalue weighted by Gasteiger charge is 2.00. The molecule has 0 rings (SSSR count). The van der Waals surface area contributed by atoms with Gasteiger partial charge in [-0.2, -0.15) is 0 Å². The number of aliphatic hydroxyl groups excluding tert-OH is 12. The van der Waals surface area contributed by atoms with Crippen molar-refractivity contribution in [2.45, 2.75) is 269 Å². The van der Waals surface area contributed by atoms with Crippen LogP contribution in [0.3, 0.4) is 0 Å². The van der Waals surface area contributed by atoms with Crippen molar-refractivity contribution >= 4 is 11.9 Å². The second-order valence-corrected chi connectivity index (χ2v) is 18.4. The van der Waals surface area contributed by atoms with Crippen molar-refractivity contribution in [1.82, 2.24) is 0 Å². The molecule has 0 aliphatic rings. The molecule has 0 saturated carbocycles. The summed E-state index contributed by atoms with van der Waals surface area (Å²) in [6.07, 6.45) is 50.4. The molecule has 72 heavy (non-hydrogen) atoms. The Morgan fingerprint density at radius 3 is 0.569 bits per heavy atom. The van der Waals surface area contributed by atoms with Crippen molar-refractivity contribution in [2.75, 3.05) is 52.9 Å². The van der Waals surface area contributed by atoms with E-state index in [0.29, 0.717) is 12.8 Å². The van der Waals surface area contributed by atoms with Gasteiger partial charge in [0.2, 0.25) is 0 Å². The van der Waals surface area contributed by atoms with Crippen molar-refractivity contribution in [3.05, 3.63) is 24.3 Å². The van der Waals surface area contributed by atoms with Gasteiger partial charge in [-0.15, -0.1) is 0 Å². The quantitative estimate of drug-likeness (QED) is 0.0200. The summed E-state index contributed by atoms with van der Waals surface area (Å²) < 4.78 is 0. The molecule has 0 aliphatic carbocycles. The van der Waals surface area contributed by atoms with E-state index in [0.717, 1.165) is 25.7 Å². The standard InChI is InChI=1S/2C22H42O2.4C3H8O3/c2*1-2-3-4-5-6-7-8-9-10-11-12-13-14-15-16-17-18-19-20-21-22(23)24;4*4-1-3(6)2-5/h2*9-10H,2-8,11-21H2,1H3,(H,23,24);4*3-6H,1-2H2/b2*10-9-;;;;. The first-order valence-corrected chi connectivity index (χ1v) is 28.1. The minimum atomic E-state index is -0.954. The average Bonchev–Trinajstić information content (AvgIpc) is 3.39. The van der Waals surface area contributed by atoms with Crippen LogP contribution < -0.4 is 0 Å². The number of aliphatic hydroxyl groups is 12. The average molecular weight is 1050 g/mol. The molecular formula is C56H116O16. The van der Waals surface area contributed by atoms with E-state index in [9.17, 15) is 9.59 Å². The third-order valence-corrected chi connectivity index (χ3v) is 11.0. The van der Waals surface area contributed by atoms with Gasteiger partial charge < -0.3 is 71.5 Å². The number of carboxylic acids is 2. The summed E-state index contributed by atoms with van der Waals surface area (Å²) in [5.74, 6) is -1.31. The summed E-state index contributed by atoms with van der Waals surface area (Å²) in [5.41, 5.74) is 0. The molecule has 0 heterocycles. The molecule has 0 amide bonds. The van der Waals surface area contributed by atoms with Crippen LogP contribution in [0.5, 0.6) is 0 Å². The molecule has 0 saturated heterocycles. The highest BCUT2D eigenvalue weighted by Crippen LogP contribution is 2.14. The molecule has 0 aromatic carbocycles.